The van der Waals surface area contributed by atoms with Crippen LogP contribution in [0.1, 0.15) is 41.6 Å². The highest BCUT2D eigenvalue weighted by molar-refractivity contribution is 6.30. The number of benzene rings is 1. The average Bonchev–Trinajstić information content (AvgIpc) is 2.58. The fraction of sp³-hybridized carbons (Fsp3) is 0.389. The molecule has 0 bridgehead atoms. The van der Waals surface area contributed by atoms with E-state index < -0.39 is 0 Å². The van der Waals surface area contributed by atoms with Crippen molar-refractivity contribution in [2.24, 2.45) is 0 Å². The second-order valence-corrected chi connectivity index (χ2v) is 6.18. The summed E-state index contributed by atoms with van der Waals surface area (Å²) in [6.07, 6.45) is 2.03. The van der Waals surface area contributed by atoms with E-state index in [4.69, 9.17) is 11.6 Å². The first-order valence-electron chi connectivity index (χ1n) is 8.09. The fourth-order valence-corrected chi connectivity index (χ4v) is 2.38. The Bertz CT molecular complexity index is 688. The van der Waals surface area contributed by atoms with E-state index in [1.54, 1.807) is 24.9 Å². The largest absolute Gasteiger partial charge is 0.366 e. The smallest absolute Gasteiger partial charge is 0.272 e. The second-order valence-electron chi connectivity index (χ2n) is 5.75. The van der Waals surface area contributed by atoms with Crippen molar-refractivity contribution in [3.63, 3.8) is 0 Å². The standard InChI is InChI=1S/C18H23ClN4O/c1-4-5-10-23(3)18(24)16-11-17(22-13(2)21-16)20-12-14-6-8-15(19)9-7-14/h6-9,11H,4-5,10,12H2,1-3H3,(H,20,21,22). The molecule has 1 aromatic carbocycles. The summed E-state index contributed by atoms with van der Waals surface area (Å²) in [7, 11) is 1.80. The van der Waals surface area contributed by atoms with Crippen molar-refractivity contribution in [1.29, 1.82) is 0 Å². The summed E-state index contributed by atoms with van der Waals surface area (Å²) in [4.78, 5) is 22.8. The van der Waals surface area contributed by atoms with E-state index in [-0.39, 0.29) is 5.91 Å². The average molecular weight is 347 g/mol. The van der Waals surface area contributed by atoms with Gasteiger partial charge in [-0.25, -0.2) is 9.97 Å². The minimum absolute atomic E-state index is 0.0801. The van der Waals surface area contributed by atoms with Crippen LogP contribution in [0.3, 0.4) is 0 Å². The Morgan fingerprint density at radius 1 is 1.25 bits per heavy atom. The Morgan fingerprint density at radius 3 is 2.62 bits per heavy atom. The highest BCUT2D eigenvalue weighted by Crippen LogP contribution is 2.13. The summed E-state index contributed by atoms with van der Waals surface area (Å²) in [6, 6.07) is 9.30. The van der Waals surface area contributed by atoms with Gasteiger partial charge >= 0.3 is 0 Å². The molecule has 2 aromatic rings. The van der Waals surface area contributed by atoms with E-state index in [2.05, 4.69) is 22.2 Å². The quantitative estimate of drug-likeness (QED) is 0.825. The van der Waals surface area contributed by atoms with Crippen LogP contribution in [-0.4, -0.2) is 34.4 Å². The number of unbranched alkanes of at least 4 members (excludes halogenated alkanes) is 1. The molecule has 0 spiro atoms. The van der Waals surface area contributed by atoms with E-state index in [1.165, 1.54) is 0 Å². The van der Waals surface area contributed by atoms with Gasteiger partial charge in [-0.15, -0.1) is 0 Å². The minimum Gasteiger partial charge on any atom is -0.366 e. The van der Waals surface area contributed by atoms with Gasteiger partial charge in [0.2, 0.25) is 0 Å². The fourth-order valence-electron chi connectivity index (χ4n) is 2.26. The van der Waals surface area contributed by atoms with Gasteiger partial charge < -0.3 is 10.2 Å². The molecular formula is C18H23ClN4O. The topological polar surface area (TPSA) is 58.1 Å². The van der Waals surface area contributed by atoms with Gasteiger partial charge in [-0.2, -0.15) is 0 Å². The van der Waals surface area contributed by atoms with Gasteiger partial charge in [-0.1, -0.05) is 37.1 Å². The molecule has 6 heteroatoms. The Kier molecular flexibility index (Phi) is 6.55. The number of aryl methyl sites for hydroxylation is 1. The number of amides is 1. The molecule has 0 aliphatic heterocycles. The first kappa shape index (κ1) is 18.2. The monoisotopic (exact) mass is 346 g/mol. The molecule has 24 heavy (non-hydrogen) atoms. The molecule has 128 valence electrons. The lowest BCUT2D eigenvalue weighted by Crippen LogP contribution is -2.28. The third-order valence-electron chi connectivity index (χ3n) is 3.64. The number of nitrogens with one attached hydrogen (secondary N) is 1. The number of carbonyl (C=O) groups is 1. The number of aromatic nitrogens is 2. The summed E-state index contributed by atoms with van der Waals surface area (Å²) in [5, 5.41) is 3.94. The van der Waals surface area contributed by atoms with E-state index in [0.717, 1.165) is 24.9 Å². The Labute approximate surface area is 148 Å². The molecule has 1 heterocycles. The van der Waals surface area contributed by atoms with Crippen LogP contribution in [0.2, 0.25) is 5.02 Å². The van der Waals surface area contributed by atoms with Crippen molar-refractivity contribution in [3.05, 3.63) is 52.4 Å². The van der Waals surface area contributed by atoms with Gasteiger partial charge in [0.25, 0.3) is 5.91 Å². The Balaban J connectivity index is 2.07. The maximum absolute atomic E-state index is 12.5. The van der Waals surface area contributed by atoms with E-state index in [1.807, 2.05) is 24.3 Å². The molecule has 1 N–H and O–H groups in total. The van der Waals surface area contributed by atoms with Crippen molar-refractivity contribution < 1.29 is 4.79 Å². The summed E-state index contributed by atoms with van der Waals surface area (Å²) in [5.41, 5.74) is 1.50. The molecule has 0 atom stereocenters. The van der Waals surface area contributed by atoms with Crippen LogP contribution >= 0.6 is 11.6 Å². The van der Waals surface area contributed by atoms with Crippen molar-refractivity contribution in [2.45, 2.75) is 33.2 Å². The first-order valence-corrected chi connectivity index (χ1v) is 8.47. The summed E-state index contributed by atoms with van der Waals surface area (Å²) in [5.74, 6) is 1.14. The number of anilines is 1. The van der Waals surface area contributed by atoms with Crippen LogP contribution in [0.4, 0.5) is 5.82 Å². The number of halogens is 1. The summed E-state index contributed by atoms with van der Waals surface area (Å²) < 4.78 is 0. The minimum atomic E-state index is -0.0801. The molecule has 1 aromatic heterocycles. The van der Waals surface area contributed by atoms with Crippen LogP contribution in [0, 0.1) is 6.92 Å². The zero-order valence-corrected chi connectivity index (χ0v) is 15.1. The van der Waals surface area contributed by atoms with Gasteiger partial charge in [0.15, 0.2) is 0 Å². The number of hydrogen-bond acceptors (Lipinski definition) is 4. The van der Waals surface area contributed by atoms with Gasteiger partial charge in [0, 0.05) is 31.2 Å². The predicted molar refractivity (Wildman–Crippen MR) is 97.4 cm³/mol. The van der Waals surface area contributed by atoms with Crippen molar-refractivity contribution in [2.75, 3.05) is 18.9 Å². The summed E-state index contributed by atoms with van der Waals surface area (Å²) in [6.45, 7) is 5.22. The molecule has 1 amide bonds. The molecule has 0 aliphatic carbocycles. The molecule has 2 rings (SSSR count). The predicted octanol–water partition coefficient (Wildman–Crippen LogP) is 3.92. The second kappa shape index (κ2) is 8.64. The lowest BCUT2D eigenvalue weighted by molar-refractivity contribution is 0.0787. The first-order chi connectivity index (χ1) is 11.5. The third-order valence-corrected chi connectivity index (χ3v) is 3.89. The zero-order valence-electron chi connectivity index (χ0n) is 14.3. The van der Waals surface area contributed by atoms with Crippen LogP contribution in [0.25, 0.3) is 0 Å². The van der Waals surface area contributed by atoms with Crippen molar-refractivity contribution >= 4 is 23.3 Å². The maximum Gasteiger partial charge on any atom is 0.272 e. The van der Waals surface area contributed by atoms with Crippen LogP contribution in [-0.2, 0) is 6.54 Å². The SMILES string of the molecule is CCCCN(C)C(=O)c1cc(NCc2ccc(Cl)cc2)nc(C)n1. The van der Waals surface area contributed by atoms with Crippen LogP contribution < -0.4 is 5.32 Å². The number of hydrogen-bond donors (Lipinski definition) is 1. The maximum atomic E-state index is 12.5. The molecule has 0 saturated carbocycles. The molecule has 0 unspecified atom stereocenters. The molecular weight excluding hydrogens is 324 g/mol. The van der Waals surface area contributed by atoms with Gasteiger partial charge in [-0.05, 0) is 31.0 Å². The van der Waals surface area contributed by atoms with Crippen LogP contribution in [0.15, 0.2) is 30.3 Å². The van der Waals surface area contributed by atoms with Crippen LogP contribution in [0.5, 0.6) is 0 Å². The number of carbonyl (C=O) groups excluding carboxylic acids is 1. The Hall–Kier alpha value is -2.14. The highest BCUT2D eigenvalue weighted by atomic mass is 35.5. The zero-order chi connectivity index (χ0) is 17.5. The van der Waals surface area contributed by atoms with Gasteiger partial charge in [0.05, 0.1) is 0 Å². The number of nitrogens with zero attached hydrogens (tertiary/aromatic N) is 3. The normalized spacial score (nSPS) is 10.5. The molecule has 0 radical (unpaired) electrons. The van der Waals surface area contributed by atoms with E-state index in [0.29, 0.717) is 28.9 Å². The van der Waals surface area contributed by atoms with Gasteiger partial charge in [-0.3, -0.25) is 4.79 Å². The number of rotatable bonds is 7. The lowest BCUT2D eigenvalue weighted by Gasteiger charge is -2.17. The molecule has 0 aliphatic rings. The van der Waals surface area contributed by atoms with Crippen molar-refractivity contribution in [1.82, 2.24) is 14.9 Å². The third kappa shape index (κ3) is 5.20. The highest BCUT2D eigenvalue weighted by Gasteiger charge is 2.14. The molecule has 5 nitrogen and oxygen atoms in total. The van der Waals surface area contributed by atoms with Gasteiger partial charge in [0.1, 0.15) is 17.3 Å². The van der Waals surface area contributed by atoms with E-state index >= 15 is 0 Å². The molecule has 0 saturated heterocycles. The molecule has 0 fully saturated rings. The lowest BCUT2D eigenvalue weighted by atomic mass is 10.2. The van der Waals surface area contributed by atoms with Crippen molar-refractivity contribution in [3.8, 4) is 0 Å². The van der Waals surface area contributed by atoms with E-state index in [9.17, 15) is 4.79 Å². The Morgan fingerprint density at radius 2 is 1.96 bits per heavy atom. The summed E-state index contributed by atoms with van der Waals surface area (Å²) >= 11 is 5.89.